The summed E-state index contributed by atoms with van der Waals surface area (Å²) in [6.45, 7) is 4.81. The summed E-state index contributed by atoms with van der Waals surface area (Å²) >= 11 is 0. The minimum Gasteiger partial charge on any atom is -0.368 e. The zero-order valence-electron chi connectivity index (χ0n) is 16.4. The number of amides is 1. The highest BCUT2D eigenvalue weighted by Gasteiger charge is 2.47. The Kier molecular flexibility index (Phi) is 3.92. The Labute approximate surface area is 160 Å². The monoisotopic (exact) mass is 367 g/mol. The highest BCUT2D eigenvalue weighted by atomic mass is 16.2. The van der Waals surface area contributed by atoms with Crippen LogP contribution in [0.1, 0.15) is 57.1 Å². The summed E-state index contributed by atoms with van der Waals surface area (Å²) in [6, 6.07) is 2.20. The summed E-state index contributed by atoms with van der Waals surface area (Å²) in [5, 5.41) is 3.55. The quantitative estimate of drug-likeness (QED) is 0.881. The number of aromatic nitrogens is 3. The third-order valence-electron chi connectivity index (χ3n) is 6.70. The maximum Gasteiger partial charge on any atom is 0.228 e. The first-order chi connectivity index (χ1) is 13.0. The zero-order chi connectivity index (χ0) is 18.6. The molecule has 2 aliphatic carbocycles. The maximum absolute atomic E-state index is 12.6. The van der Waals surface area contributed by atoms with E-state index >= 15 is 0 Å². The molecule has 3 fully saturated rings. The van der Waals surface area contributed by atoms with Crippen LogP contribution >= 0.6 is 0 Å². The van der Waals surface area contributed by atoms with E-state index in [0.717, 1.165) is 73.8 Å². The van der Waals surface area contributed by atoms with Gasteiger partial charge in [-0.05, 0) is 50.5 Å². The van der Waals surface area contributed by atoms with Crippen molar-refractivity contribution < 1.29 is 4.79 Å². The Balaban J connectivity index is 1.35. The lowest BCUT2D eigenvalue weighted by atomic mass is 9.92. The van der Waals surface area contributed by atoms with E-state index < -0.39 is 0 Å². The van der Waals surface area contributed by atoms with E-state index in [2.05, 4.69) is 32.8 Å². The van der Waals surface area contributed by atoms with Gasteiger partial charge in [-0.1, -0.05) is 6.92 Å². The lowest BCUT2D eigenvalue weighted by Gasteiger charge is -2.33. The van der Waals surface area contributed by atoms with Gasteiger partial charge in [0.2, 0.25) is 5.91 Å². The van der Waals surface area contributed by atoms with Gasteiger partial charge in [-0.3, -0.25) is 4.79 Å². The highest BCUT2D eigenvalue weighted by Crippen LogP contribution is 2.47. The van der Waals surface area contributed by atoms with Crippen LogP contribution in [0, 0.1) is 11.3 Å². The second-order valence-corrected chi connectivity index (χ2v) is 9.07. The fraction of sp³-hybridized carbons (Fsp3) is 0.667. The molecular formula is C21H29N5O. The van der Waals surface area contributed by atoms with Crippen LogP contribution in [0.25, 0.3) is 11.0 Å². The molecule has 0 bridgehead atoms. The first kappa shape index (κ1) is 17.0. The van der Waals surface area contributed by atoms with Crippen LogP contribution < -0.4 is 5.32 Å². The van der Waals surface area contributed by atoms with Crippen molar-refractivity contribution in [1.29, 1.82) is 0 Å². The number of nitrogens with zero attached hydrogens (tertiary/aromatic N) is 4. The van der Waals surface area contributed by atoms with Crippen molar-refractivity contribution in [3.8, 4) is 0 Å². The van der Waals surface area contributed by atoms with Gasteiger partial charge in [0.1, 0.15) is 5.52 Å². The van der Waals surface area contributed by atoms with Crippen molar-refractivity contribution in [2.75, 3.05) is 25.0 Å². The number of hydrogen-bond acceptors (Lipinski definition) is 4. The number of rotatable bonds is 5. The van der Waals surface area contributed by atoms with Crippen molar-refractivity contribution >= 4 is 22.8 Å². The molecule has 5 rings (SSSR count). The SMILES string of the molecule is Cn1cnc2c(NCC3CC3)nc(C3CCN(C(=O)C4(C)CC4)CC3)cc21. The Morgan fingerprint density at radius 3 is 2.67 bits per heavy atom. The predicted octanol–water partition coefficient (Wildman–Crippen LogP) is 3.30. The summed E-state index contributed by atoms with van der Waals surface area (Å²) in [7, 11) is 2.04. The van der Waals surface area contributed by atoms with Crippen LogP contribution in [0.15, 0.2) is 12.4 Å². The maximum atomic E-state index is 12.6. The lowest BCUT2D eigenvalue weighted by Crippen LogP contribution is -2.41. The molecule has 0 unspecified atom stereocenters. The van der Waals surface area contributed by atoms with E-state index in [9.17, 15) is 4.79 Å². The molecule has 1 amide bonds. The van der Waals surface area contributed by atoms with Crippen LogP contribution in [0.4, 0.5) is 5.82 Å². The van der Waals surface area contributed by atoms with Crippen molar-refractivity contribution in [1.82, 2.24) is 19.4 Å². The van der Waals surface area contributed by atoms with E-state index in [-0.39, 0.29) is 5.41 Å². The molecule has 1 N–H and O–H groups in total. The number of anilines is 1. The van der Waals surface area contributed by atoms with Crippen molar-refractivity contribution in [3.63, 3.8) is 0 Å². The first-order valence-corrected chi connectivity index (χ1v) is 10.4. The number of nitrogens with one attached hydrogen (secondary N) is 1. The second-order valence-electron chi connectivity index (χ2n) is 9.07. The topological polar surface area (TPSA) is 63.1 Å². The molecule has 3 heterocycles. The van der Waals surface area contributed by atoms with Crippen LogP contribution in [0.5, 0.6) is 0 Å². The van der Waals surface area contributed by atoms with Crippen molar-refractivity contribution in [2.45, 2.75) is 51.4 Å². The van der Waals surface area contributed by atoms with E-state index in [0.29, 0.717) is 11.8 Å². The van der Waals surface area contributed by atoms with Crippen LogP contribution in [0.3, 0.4) is 0 Å². The summed E-state index contributed by atoms with van der Waals surface area (Å²) in [4.78, 5) is 24.2. The summed E-state index contributed by atoms with van der Waals surface area (Å²) in [5.41, 5.74) is 3.20. The molecule has 0 radical (unpaired) electrons. The molecule has 6 heteroatoms. The van der Waals surface area contributed by atoms with Gasteiger partial charge in [0.05, 0.1) is 11.8 Å². The first-order valence-electron chi connectivity index (χ1n) is 10.4. The molecule has 1 aliphatic heterocycles. The molecule has 2 saturated carbocycles. The highest BCUT2D eigenvalue weighted by molar-refractivity contribution is 5.87. The van der Waals surface area contributed by atoms with E-state index in [1.54, 1.807) is 0 Å². The number of piperidine rings is 1. The number of carbonyl (C=O) groups excluding carboxylic acids is 1. The molecule has 6 nitrogen and oxygen atoms in total. The molecule has 0 atom stereocenters. The van der Waals surface area contributed by atoms with E-state index in [1.165, 1.54) is 12.8 Å². The van der Waals surface area contributed by atoms with Gasteiger partial charge in [-0.2, -0.15) is 0 Å². The molecule has 3 aliphatic rings. The average Bonchev–Trinajstić information content (AvgIpc) is 3.61. The Morgan fingerprint density at radius 2 is 2.00 bits per heavy atom. The predicted molar refractivity (Wildman–Crippen MR) is 106 cm³/mol. The van der Waals surface area contributed by atoms with Crippen LogP contribution in [-0.2, 0) is 11.8 Å². The zero-order valence-corrected chi connectivity index (χ0v) is 16.4. The van der Waals surface area contributed by atoms with Crippen molar-refractivity contribution in [2.24, 2.45) is 18.4 Å². The molecule has 2 aromatic rings. The molecule has 2 aromatic heterocycles. The number of imidazole rings is 1. The summed E-state index contributed by atoms with van der Waals surface area (Å²) < 4.78 is 2.08. The van der Waals surface area contributed by atoms with E-state index in [1.807, 2.05) is 13.4 Å². The number of pyridine rings is 1. The third-order valence-corrected chi connectivity index (χ3v) is 6.70. The number of aryl methyl sites for hydroxylation is 1. The van der Waals surface area contributed by atoms with E-state index in [4.69, 9.17) is 4.98 Å². The fourth-order valence-corrected chi connectivity index (χ4v) is 4.20. The van der Waals surface area contributed by atoms with Gasteiger partial charge < -0.3 is 14.8 Å². The van der Waals surface area contributed by atoms with Crippen molar-refractivity contribution in [3.05, 3.63) is 18.1 Å². The number of likely N-dealkylation sites (tertiary alicyclic amines) is 1. The Hall–Kier alpha value is -2.11. The normalized spacial score (nSPS) is 22.2. The van der Waals surface area contributed by atoms with Gasteiger partial charge in [0.25, 0.3) is 0 Å². The smallest absolute Gasteiger partial charge is 0.228 e. The van der Waals surface area contributed by atoms with Crippen LogP contribution in [0.2, 0.25) is 0 Å². The standard InChI is InChI=1S/C21H29N5O/c1-21(7-8-21)20(27)26-9-5-15(6-10-26)16-11-17-18(23-13-25(17)2)19(24-16)22-12-14-3-4-14/h11,13-15H,3-10,12H2,1-2H3,(H,22,24). The van der Waals surface area contributed by atoms with Crippen LogP contribution in [-0.4, -0.2) is 45.0 Å². The number of carbonyl (C=O) groups is 1. The Morgan fingerprint density at radius 1 is 1.26 bits per heavy atom. The largest absolute Gasteiger partial charge is 0.368 e. The van der Waals surface area contributed by atoms with Gasteiger partial charge >= 0.3 is 0 Å². The third kappa shape index (κ3) is 3.19. The summed E-state index contributed by atoms with van der Waals surface area (Å²) in [5.74, 6) is 2.51. The lowest BCUT2D eigenvalue weighted by molar-refractivity contribution is -0.137. The minimum absolute atomic E-state index is 0.0569. The second kappa shape index (κ2) is 6.21. The van der Waals surface area contributed by atoms with Gasteiger partial charge in [0.15, 0.2) is 5.82 Å². The fourth-order valence-electron chi connectivity index (χ4n) is 4.20. The average molecular weight is 367 g/mol. The molecule has 0 spiro atoms. The minimum atomic E-state index is -0.0569. The van der Waals surface area contributed by atoms with Gasteiger partial charge in [-0.25, -0.2) is 9.97 Å². The molecule has 27 heavy (non-hydrogen) atoms. The molecular weight excluding hydrogens is 338 g/mol. The van der Waals surface area contributed by atoms with Gasteiger partial charge in [0, 0.05) is 43.7 Å². The molecule has 1 saturated heterocycles. The Bertz CT molecular complexity index is 872. The van der Waals surface area contributed by atoms with Gasteiger partial charge in [-0.15, -0.1) is 0 Å². The number of hydrogen-bond donors (Lipinski definition) is 1. The number of fused-ring (bicyclic) bond motifs is 1. The molecule has 144 valence electrons. The molecule has 0 aromatic carbocycles. The summed E-state index contributed by atoms with van der Waals surface area (Å²) in [6.07, 6.45) is 8.63.